The van der Waals surface area contributed by atoms with E-state index in [4.69, 9.17) is 12.2 Å². The number of thiocarbonyl (C=S) groups is 1. The Labute approximate surface area is 160 Å². The summed E-state index contributed by atoms with van der Waals surface area (Å²) in [5, 5.41) is 7.13. The molecule has 0 bridgehead atoms. The molecule has 136 valence electrons. The van der Waals surface area contributed by atoms with E-state index in [1.165, 1.54) is 11.1 Å². The Morgan fingerprint density at radius 3 is 2.54 bits per heavy atom. The number of benzene rings is 2. The van der Waals surface area contributed by atoms with Crippen LogP contribution in [0.1, 0.15) is 42.5 Å². The molecule has 5 heteroatoms. The quantitative estimate of drug-likeness (QED) is 0.782. The summed E-state index contributed by atoms with van der Waals surface area (Å²) in [6, 6.07) is 14.5. The van der Waals surface area contributed by atoms with Crippen LogP contribution in [0.3, 0.4) is 0 Å². The third kappa shape index (κ3) is 4.22. The Morgan fingerprint density at radius 1 is 1.15 bits per heavy atom. The number of carbonyl (C=O) groups is 1. The summed E-state index contributed by atoms with van der Waals surface area (Å²) in [7, 11) is 0. The molecule has 0 spiro atoms. The largest absolute Gasteiger partial charge is 0.356 e. The van der Waals surface area contributed by atoms with Gasteiger partial charge in [-0.1, -0.05) is 35.9 Å². The molecule has 1 aliphatic rings. The van der Waals surface area contributed by atoms with Gasteiger partial charge in [-0.05, 0) is 62.7 Å². The van der Waals surface area contributed by atoms with Gasteiger partial charge in [-0.15, -0.1) is 0 Å². The Kier molecular flexibility index (Phi) is 5.57. The van der Waals surface area contributed by atoms with Gasteiger partial charge in [0.2, 0.25) is 5.91 Å². The average molecular weight is 368 g/mol. The highest BCUT2D eigenvalue weighted by Crippen LogP contribution is 2.28. The number of amides is 1. The molecule has 4 nitrogen and oxygen atoms in total. The first-order valence-corrected chi connectivity index (χ1v) is 9.40. The number of hydrogen-bond donors (Lipinski definition) is 2. The normalized spacial score (nSPS) is 15.0. The Bertz CT molecular complexity index is 817. The molecule has 0 saturated carbocycles. The van der Waals surface area contributed by atoms with Crippen molar-refractivity contribution in [2.75, 3.05) is 16.8 Å². The number of aryl methyl sites for hydroxylation is 2. The van der Waals surface area contributed by atoms with E-state index in [-0.39, 0.29) is 11.9 Å². The summed E-state index contributed by atoms with van der Waals surface area (Å²) in [5.41, 5.74) is 5.38. The molecular formula is C21H25N3OS. The van der Waals surface area contributed by atoms with E-state index in [0.29, 0.717) is 11.5 Å². The number of nitrogens with one attached hydrogen (secondary N) is 2. The maximum Gasteiger partial charge on any atom is 0.227 e. The highest BCUT2D eigenvalue weighted by atomic mass is 32.1. The minimum Gasteiger partial charge on any atom is -0.356 e. The highest BCUT2D eigenvalue weighted by Gasteiger charge is 2.23. The average Bonchev–Trinajstić information content (AvgIpc) is 3.03. The summed E-state index contributed by atoms with van der Waals surface area (Å²) < 4.78 is 0. The van der Waals surface area contributed by atoms with Crippen molar-refractivity contribution in [3.63, 3.8) is 0 Å². The van der Waals surface area contributed by atoms with Crippen LogP contribution in [0.5, 0.6) is 0 Å². The fourth-order valence-electron chi connectivity index (χ4n) is 3.18. The molecule has 2 N–H and O–H groups in total. The third-order valence-electron chi connectivity index (χ3n) is 4.76. The Hall–Kier alpha value is -2.40. The molecule has 2 aromatic rings. The summed E-state index contributed by atoms with van der Waals surface area (Å²) in [6.07, 6.45) is 1.55. The first-order valence-electron chi connectivity index (χ1n) is 8.99. The van der Waals surface area contributed by atoms with E-state index >= 15 is 0 Å². The van der Waals surface area contributed by atoms with Crippen molar-refractivity contribution >= 4 is 34.6 Å². The summed E-state index contributed by atoms with van der Waals surface area (Å²) >= 11 is 5.47. The molecule has 0 radical (unpaired) electrons. The smallest absolute Gasteiger partial charge is 0.227 e. The van der Waals surface area contributed by atoms with E-state index in [0.717, 1.165) is 29.9 Å². The van der Waals surface area contributed by atoms with Crippen LogP contribution in [0, 0.1) is 13.8 Å². The highest BCUT2D eigenvalue weighted by molar-refractivity contribution is 7.80. The van der Waals surface area contributed by atoms with E-state index in [1.54, 1.807) is 0 Å². The lowest BCUT2D eigenvalue weighted by Gasteiger charge is -2.21. The van der Waals surface area contributed by atoms with E-state index in [9.17, 15) is 4.79 Å². The number of carbonyl (C=O) groups excluding carboxylic acids is 1. The van der Waals surface area contributed by atoms with Crippen LogP contribution in [0.15, 0.2) is 42.5 Å². The number of rotatable bonds is 4. The first-order chi connectivity index (χ1) is 12.4. The summed E-state index contributed by atoms with van der Waals surface area (Å²) in [4.78, 5) is 13.9. The maximum absolute atomic E-state index is 12.1. The summed E-state index contributed by atoms with van der Waals surface area (Å²) in [6.45, 7) is 6.98. The van der Waals surface area contributed by atoms with Gasteiger partial charge in [0.05, 0.1) is 6.04 Å². The third-order valence-corrected chi connectivity index (χ3v) is 4.98. The molecule has 0 aliphatic carbocycles. The predicted molar refractivity (Wildman–Crippen MR) is 112 cm³/mol. The van der Waals surface area contributed by atoms with Crippen molar-refractivity contribution in [2.24, 2.45) is 0 Å². The SMILES string of the molecule is Cc1ccc([C@@H](C)NC(=S)Nc2ccc(C)c(N3CCCC3=O)c2)cc1. The lowest BCUT2D eigenvalue weighted by Crippen LogP contribution is -2.31. The van der Waals surface area contributed by atoms with E-state index in [2.05, 4.69) is 48.7 Å². The van der Waals surface area contributed by atoms with Crippen LogP contribution in [0.2, 0.25) is 0 Å². The second kappa shape index (κ2) is 7.87. The molecule has 1 atom stereocenters. The minimum absolute atomic E-state index is 0.112. The summed E-state index contributed by atoms with van der Waals surface area (Å²) in [5.74, 6) is 0.193. The molecule has 1 fully saturated rings. The van der Waals surface area contributed by atoms with Gasteiger partial charge in [-0.25, -0.2) is 0 Å². The molecule has 1 heterocycles. The fourth-order valence-corrected chi connectivity index (χ4v) is 3.48. The van der Waals surface area contributed by atoms with Crippen LogP contribution in [-0.2, 0) is 4.79 Å². The van der Waals surface area contributed by atoms with Crippen molar-refractivity contribution in [3.05, 3.63) is 59.2 Å². The molecule has 0 unspecified atom stereocenters. The Morgan fingerprint density at radius 2 is 1.88 bits per heavy atom. The van der Waals surface area contributed by atoms with Gasteiger partial charge >= 0.3 is 0 Å². The minimum atomic E-state index is 0.112. The molecule has 26 heavy (non-hydrogen) atoms. The number of hydrogen-bond acceptors (Lipinski definition) is 2. The number of anilines is 2. The van der Waals surface area contributed by atoms with Crippen LogP contribution in [-0.4, -0.2) is 17.6 Å². The van der Waals surface area contributed by atoms with Crippen LogP contribution < -0.4 is 15.5 Å². The molecule has 1 aliphatic heterocycles. The van der Waals surface area contributed by atoms with Crippen molar-refractivity contribution < 1.29 is 4.79 Å². The predicted octanol–water partition coefficient (Wildman–Crippen LogP) is 4.48. The van der Waals surface area contributed by atoms with Crippen LogP contribution in [0.25, 0.3) is 0 Å². The molecule has 1 amide bonds. The van der Waals surface area contributed by atoms with Gasteiger partial charge in [-0.3, -0.25) is 4.79 Å². The Balaban J connectivity index is 1.67. The van der Waals surface area contributed by atoms with Gasteiger partial charge in [0, 0.05) is 24.3 Å². The zero-order valence-corrected chi connectivity index (χ0v) is 16.3. The lowest BCUT2D eigenvalue weighted by atomic mass is 10.1. The van der Waals surface area contributed by atoms with Crippen LogP contribution in [0.4, 0.5) is 11.4 Å². The van der Waals surface area contributed by atoms with Gasteiger partial charge < -0.3 is 15.5 Å². The zero-order chi connectivity index (χ0) is 18.7. The number of nitrogens with zero attached hydrogens (tertiary/aromatic N) is 1. The topological polar surface area (TPSA) is 44.4 Å². The zero-order valence-electron chi connectivity index (χ0n) is 15.5. The monoisotopic (exact) mass is 367 g/mol. The van der Waals surface area contributed by atoms with Crippen LogP contribution >= 0.6 is 12.2 Å². The molecule has 3 rings (SSSR count). The molecular weight excluding hydrogens is 342 g/mol. The van der Waals surface area contributed by atoms with Gasteiger partial charge in [0.15, 0.2) is 5.11 Å². The molecule has 2 aromatic carbocycles. The van der Waals surface area contributed by atoms with Gasteiger partial charge in [0.1, 0.15) is 0 Å². The molecule has 1 saturated heterocycles. The van der Waals surface area contributed by atoms with Gasteiger partial charge in [0.25, 0.3) is 0 Å². The van der Waals surface area contributed by atoms with Crippen molar-refractivity contribution in [1.82, 2.24) is 5.32 Å². The first kappa shape index (κ1) is 18.4. The van der Waals surface area contributed by atoms with E-state index in [1.807, 2.05) is 30.0 Å². The van der Waals surface area contributed by atoms with Crippen molar-refractivity contribution in [1.29, 1.82) is 0 Å². The second-order valence-electron chi connectivity index (χ2n) is 6.88. The maximum atomic E-state index is 12.1. The lowest BCUT2D eigenvalue weighted by molar-refractivity contribution is -0.117. The fraction of sp³-hybridized carbons (Fsp3) is 0.333. The van der Waals surface area contributed by atoms with Crippen molar-refractivity contribution in [2.45, 2.75) is 39.7 Å². The van der Waals surface area contributed by atoms with Gasteiger partial charge in [-0.2, -0.15) is 0 Å². The molecule has 0 aromatic heterocycles. The van der Waals surface area contributed by atoms with Crippen molar-refractivity contribution in [3.8, 4) is 0 Å². The second-order valence-corrected chi connectivity index (χ2v) is 7.29. The standard InChI is InChI=1S/C21H25N3OS/c1-14-6-9-17(10-7-14)16(3)22-21(26)23-18-11-8-15(2)19(13-18)24-12-4-5-20(24)25/h6-11,13,16H,4-5,12H2,1-3H3,(H2,22,23,26)/t16-/m1/s1. The van der Waals surface area contributed by atoms with E-state index < -0.39 is 0 Å².